The molecule has 1 rings (SSSR count). The number of nitrogens with one attached hydrogen (secondary N) is 1. The van der Waals surface area contributed by atoms with E-state index in [2.05, 4.69) is 4.72 Å². The van der Waals surface area contributed by atoms with Crippen molar-refractivity contribution >= 4 is 16.2 Å². The number of hydrogen-bond acceptors (Lipinski definition) is 3. The summed E-state index contributed by atoms with van der Waals surface area (Å²) in [6.45, 7) is 3.98. The maximum Gasteiger partial charge on any atom is 0.312 e. The second-order valence-corrected chi connectivity index (χ2v) is 5.99. The van der Waals surface area contributed by atoms with Gasteiger partial charge in [-0.25, -0.2) is 4.72 Å². The van der Waals surface area contributed by atoms with Crippen molar-refractivity contribution in [3.63, 3.8) is 0 Å². The van der Waals surface area contributed by atoms with E-state index in [0.29, 0.717) is 18.7 Å². The maximum absolute atomic E-state index is 12.0. The fraction of sp³-hybridized carbons (Fsp3) is 0.462. The van der Waals surface area contributed by atoms with E-state index in [1.807, 2.05) is 0 Å². The minimum Gasteiger partial charge on any atom is -0.481 e. The Morgan fingerprint density at radius 1 is 1.25 bits per heavy atom. The molecule has 0 saturated carbocycles. The second-order valence-electron chi connectivity index (χ2n) is 4.24. The molecule has 1 unspecified atom stereocenters. The largest absolute Gasteiger partial charge is 0.481 e. The molecule has 1 aromatic rings. The van der Waals surface area contributed by atoms with Gasteiger partial charge in [0.2, 0.25) is 0 Å². The van der Waals surface area contributed by atoms with Crippen molar-refractivity contribution in [3.05, 3.63) is 35.9 Å². The van der Waals surface area contributed by atoms with Crippen LogP contribution in [0.15, 0.2) is 30.3 Å². The van der Waals surface area contributed by atoms with Crippen LogP contribution in [-0.4, -0.2) is 43.4 Å². The van der Waals surface area contributed by atoms with E-state index in [1.165, 1.54) is 4.31 Å². The summed E-state index contributed by atoms with van der Waals surface area (Å²) >= 11 is 0. The van der Waals surface area contributed by atoms with Gasteiger partial charge in [-0.3, -0.25) is 4.79 Å². The van der Waals surface area contributed by atoms with Gasteiger partial charge < -0.3 is 5.11 Å². The quantitative estimate of drug-likeness (QED) is 0.751. The Balaban J connectivity index is 2.82. The number of carbonyl (C=O) groups is 1. The number of aliphatic carboxylic acids is 1. The smallest absolute Gasteiger partial charge is 0.312 e. The molecule has 0 heterocycles. The van der Waals surface area contributed by atoms with Crippen molar-refractivity contribution in [1.82, 2.24) is 9.03 Å². The van der Waals surface area contributed by atoms with E-state index in [9.17, 15) is 18.3 Å². The Labute approximate surface area is 119 Å². The summed E-state index contributed by atoms with van der Waals surface area (Å²) in [5.74, 6) is -1.96. The first-order valence-electron chi connectivity index (χ1n) is 6.44. The SMILES string of the molecule is CCN(CC)S(=O)(=O)NCC(C(=O)O)c1ccccc1. The third-order valence-corrected chi connectivity index (χ3v) is 4.74. The van der Waals surface area contributed by atoms with Crippen LogP contribution >= 0.6 is 0 Å². The molecule has 0 bridgehead atoms. The summed E-state index contributed by atoms with van der Waals surface area (Å²) in [6, 6.07) is 8.58. The van der Waals surface area contributed by atoms with Crippen molar-refractivity contribution in [2.45, 2.75) is 19.8 Å². The Kier molecular flexibility index (Phi) is 6.12. The van der Waals surface area contributed by atoms with Gasteiger partial charge in [0.25, 0.3) is 10.2 Å². The third-order valence-electron chi connectivity index (χ3n) is 3.02. The predicted molar refractivity (Wildman–Crippen MR) is 76.7 cm³/mol. The van der Waals surface area contributed by atoms with Crippen LogP contribution in [0.4, 0.5) is 0 Å². The predicted octanol–water partition coefficient (Wildman–Crippen LogP) is 1.03. The Bertz CT molecular complexity index is 527. The number of carboxylic acids is 1. The number of rotatable bonds is 8. The lowest BCUT2D eigenvalue weighted by Crippen LogP contribution is -2.42. The molecule has 1 atom stereocenters. The Morgan fingerprint density at radius 2 is 1.80 bits per heavy atom. The van der Waals surface area contributed by atoms with Crippen LogP contribution in [0.5, 0.6) is 0 Å². The second kappa shape index (κ2) is 7.37. The molecule has 0 aliphatic carbocycles. The van der Waals surface area contributed by atoms with Crippen molar-refractivity contribution in [2.75, 3.05) is 19.6 Å². The minimum atomic E-state index is -3.64. The first kappa shape index (κ1) is 16.6. The molecular weight excluding hydrogens is 280 g/mol. The molecule has 112 valence electrons. The van der Waals surface area contributed by atoms with E-state index in [-0.39, 0.29) is 6.54 Å². The highest BCUT2D eigenvalue weighted by Gasteiger charge is 2.24. The van der Waals surface area contributed by atoms with Gasteiger partial charge in [0.05, 0.1) is 5.92 Å². The fourth-order valence-electron chi connectivity index (χ4n) is 1.88. The van der Waals surface area contributed by atoms with Gasteiger partial charge in [0.15, 0.2) is 0 Å². The molecule has 0 spiro atoms. The van der Waals surface area contributed by atoms with Crippen molar-refractivity contribution in [2.24, 2.45) is 0 Å². The lowest BCUT2D eigenvalue weighted by atomic mass is 10.00. The highest BCUT2D eigenvalue weighted by Crippen LogP contribution is 2.15. The van der Waals surface area contributed by atoms with Gasteiger partial charge in [-0.2, -0.15) is 12.7 Å². The van der Waals surface area contributed by atoms with Gasteiger partial charge in [0.1, 0.15) is 0 Å². The van der Waals surface area contributed by atoms with E-state index in [0.717, 1.165) is 0 Å². The molecule has 7 heteroatoms. The summed E-state index contributed by atoms with van der Waals surface area (Å²) < 4.78 is 27.6. The Morgan fingerprint density at radius 3 is 2.25 bits per heavy atom. The minimum absolute atomic E-state index is 0.168. The van der Waals surface area contributed by atoms with Crippen LogP contribution in [0.3, 0.4) is 0 Å². The lowest BCUT2D eigenvalue weighted by molar-refractivity contribution is -0.138. The standard InChI is InChI=1S/C13H20N2O4S/c1-3-15(4-2)20(18,19)14-10-12(13(16)17)11-8-6-5-7-9-11/h5-9,12,14H,3-4,10H2,1-2H3,(H,16,17). The van der Waals surface area contributed by atoms with Crippen LogP contribution in [0, 0.1) is 0 Å². The van der Waals surface area contributed by atoms with Gasteiger partial charge in [-0.05, 0) is 5.56 Å². The lowest BCUT2D eigenvalue weighted by Gasteiger charge is -2.20. The highest BCUT2D eigenvalue weighted by molar-refractivity contribution is 7.87. The highest BCUT2D eigenvalue weighted by atomic mass is 32.2. The summed E-state index contributed by atoms with van der Waals surface area (Å²) in [5.41, 5.74) is 0.572. The summed E-state index contributed by atoms with van der Waals surface area (Å²) in [5, 5.41) is 9.23. The average molecular weight is 300 g/mol. The van der Waals surface area contributed by atoms with E-state index in [4.69, 9.17) is 0 Å². The third kappa shape index (κ3) is 4.29. The van der Waals surface area contributed by atoms with Crippen LogP contribution in [0.1, 0.15) is 25.3 Å². The molecule has 0 radical (unpaired) electrons. The van der Waals surface area contributed by atoms with Crippen LogP contribution in [0.2, 0.25) is 0 Å². The van der Waals surface area contributed by atoms with Gasteiger partial charge >= 0.3 is 5.97 Å². The van der Waals surface area contributed by atoms with Crippen LogP contribution in [-0.2, 0) is 15.0 Å². The Hall–Kier alpha value is -1.44. The van der Waals surface area contributed by atoms with E-state index in [1.54, 1.807) is 44.2 Å². The van der Waals surface area contributed by atoms with E-state index < -0.39 is 22.1 Å². The van der Waals surface area contributed by atoms with Crippen molar-refractivity contribution in [3.8, 4) is 0 Å². The summed E-state index contributed by atoms with van der Waals surface area (Å²) in [6.07, 6.45) is 0. The number of nitrogens with zero attached hydrogens (tertiary/aromatic N) is 1. The molecule has 0 saturated heterocycles. The van der Waals surface area contributed by atoms with Crippen molar-refractivity contribution in [1.29, 1.82) is 0 Å². The topological polar surface area (TPSA) is 86.7 Å². The van der Waals surface area contributed by atoms with Crippen molar-refractivity contribution < 1.29 is 18.3 Å². The molecule has 2 N–H and O–H groups in total. The first-order chi connectivity index (χ1) is 9.42. The summed E-state index contributed by atoms with van der Waals surface area (Å²) in [7, 11) is -3.64. The monoisotopic (exact) mass is 300 g/mol. The number of benzene rings is 1. The molecular formula is C13H20N2O4S. The maximum atomic E-state index is 12.0. The first-order valence-corrected chi connectivity index (χ1v) is 7.88. The normalized spacial score (nSPS) is 13.3. The number of carboxylic acid groups (broad SMARTS) is 1. The molecule has 6 nitrogen and oxygen atoms in total. The fourth-order valence-corrected chi connectivity index (χ4v) is 3.12. The van der Waals surface area contributed by atoms with Crippen LogP contribution in [0.25, 0.3) is 0 Å². The van der Waals surface area contributed by atoms with E-state index >= 15 is 0 Å². The molecule has 0 aliphatic rings. The zero-order valence-corrected chi connectivity index (χ0v) is 12.4. The van der Waals surface area contributed by atoms with Crippen LogP contribution < -0.4 is 4.72 Å². The zero-order valence-electron chi connectivity index (χ0n) is 11.6. The molecule has 20 heavy (non-hydrogen) atoms. The molecule has 0 aromatic heterocycles. The average Bonchev–Trinajstić information content (AvgIpc) is 2.40. The van der Waals surface area contributed by atoms with Gasteiger partial charge in [-0.1, -0.05) is 44.2 Å². The zero-order chi connectivity index (χ0) is 15.2. The molecule has 0 aliphatic heterocycles. The number of hydrogen-bond donors (Lipinski definition) is 2. The van der Waals surface area contributed by atoms with Gasteiger partial charge in [0, 0.05) is 19.6 Å². The van der Waals surface area contributed by atoms with Gasteiger partial charge in [-0.15, -0.1) is 0 Å². The molecule has 0 amide bonds. The summed E-state index contributed by atoms with van der Waals surface area (Å²) in [4.78, 5) is 11.3. The molecule has 1 aromatic carbocycles. The molecule has 0 fully saturated rings.